The molecule has 0 aliphatic rings. The summed E-state index contributed by atoms with van der Waals surface area (Å²) in [7, 11) is 3.13. The Morgan fingerprint density at radius 3 is 2.39 bits per heavy atom. The van der Waals surface area contributed by atoms with E-state index < -0.39 is 11.7 Å². The van der Waals surface area contributed by atoms with Crippen molar-refractivity contribution >= 4 is 17.3 Å². The summed E-state index contributed by atoms with van der Waals surface area (Å²) >= 11 is 0. The zero-order valence-electron chi connectivity index (χ0n) is 13.3. The van der Waals surface area contributed by atoms with E-state index in [2.05, 4.69) is 4.98 Å². The van der Waals surface area contributed by atoms with Crippen LogP contribution in [0.15, 0.2) is 48.7 Å². The second-order valence-electron chi connectivity index (χ2n) is 5.64. The van der Waals surface area contributed by atoms with Crippen molar-refractivity contribution in [3.8, 4) is 11.3 Å². The summed E-state index contributed by atoms with van der Waals surface area (Å²) in [6.45, 7) is 1.93. The third-order valence-electron chi connectivity index (χ3n) is 3.63. The average molecular weight is 307 g/mol. The Kier molecular flexibility index (Phi) is 3.70. The molecule has 0 fully saturated rings. The van der Waals surface area contributed by atoms with Gasteiger partial charge in [0.1, 0.15) is 17.0 Å². The molecule has 3 rings (SSSR count). The fourth-order valence-corrected chi connectivity index (χ4v) is 2.47. The van der Waals surface area contributed by atoms with Gasteiger partial charge in [0.25, 0.3) is 11.7 Å². The van der Waals surface area contributed by atoms with Crippen molar-refractivity contribution in [1.29, 1.82) is 0 Å². The molecule has 0 saturated carbocycles. The number of pyridine rings is 1. The second-order valence-corrected chi connectivity index (χ2v) is 5.64. The number of fused-ring (bicyclic) bond motifs is 1. The molecule has 0 aliphatic carbocycles. The van der Waals surface area contributed by atoms with E-state index in [1.807, 2.05) is 55.6 Å². The molecule has 23 heavy (non-hydrogen) atoms. The molecule has 0 unspecified atom stereocenters. The van der Waals surface area contributed by atoms with Crippen LogP contribution in [0.2, 0.25) is 0 Å². The van der Waals surface area contributed by atoms with Crippen LogP contribution in [0.3, 0.4) is 0 Å². The molecule has 0 N–H and O–H groups in total. The van der Waals surface area contributed by atoms with Gasteiger partial charge in [-0.15, -0.1) is 0 Å². The van der Waals surface area contributed by atoms with Crippen molar-refractivity contribution in [2.45, 2.75) is 6.92 Å². The molecule has 0 saturated heterocycles. The van der Waals surface area contributed by atoms with E-state index in [0.29, 0.717) is 17.0 Å². The summed E-state index contributed by atoms with van der Waals surface area (Å²) in [6.07, 6.45) is 1.82. The molecule has 0 spiro atoms. The van der Waals surface area contributed by atoms with Crippen LogP contribution in [-0.2, 0) is 4.79 Å². The quantitative estimate of drug-likeness (QED) is 0.552. The maximum atomic E-state index is 12.7. The summed E-state index contributed by atoms with van der Waals surface area (Å²) in [5, 5.41) is 0. The van der Waals surface area contributed by atoms with Crippen LogP contribution in [0.25, 0.3) is 16.9 Å². The Labute approximate surface area is 134 Å². The van der Waals surface area contributed by atoms with Gasteiger partial charge in [-0.2, -0.15) is 0 Å². The maximum Gasteiger partial charge on any atom is 0.296 e. The number of amides is 1. The van der Waals surface area contributed by atoms with Gasteiger partial charge in [0.2, 0.25) is 0 Å². The van der Waals surface area contributed by atoms with E-state index in [1.54, 1.807) is 18.5 Å². The lowest BCUT2D eigenvalue weighted by Crippen LogP contribution is -2.31. The zero-order valence-corrected chi connectivity index (χ0v) is 13.3. The molecular weight excluding hydrogens is 290 g/mol. The van der Waals surface area contributed by atoms with Gasteiger partial charge in [-0.3, -0.25) is 14.0 Å². The van der Waals surface area contributed by atoms with Gasteiger partial charge >= 0.3 is 0 Å². The SMILES string of the molecule is Cc1ccc2nc(-c3ccccc3)c(C(=O)C(=O)N(C)C)n2c1. The summed E-state index contributed by atoms with van der Waals surface area (Å²) in [4.78, 5) is 30.7. The van der Waals surface area contributed by atoms with Crippen molar-refractivity contribution in [2.75, 3.05) is 14.1 Å². The van der Waals surface area contributed by atoms with Crippen molar-refractivity contribution in [3.05, 3.63) is 59.9 Å². The zero-order chi connectivity index (χ0) is 16.6. The summed E-state index contributed by atoms with van der Waals surface area (Å²) in [5.41, 5.74) is 3.26. The second kappa shape index (κ2) is 5.68. The summed E-state index contributed by atoms with van der Waals surface area (Å²) in [6, 6.07) is 13.2. The van der Waals surface area contributed by atoms with Gasteiger partial charge < -0.3 is 4.90 Å². The number of ketones is 1. The predicted octanol–water partition coefficient (Wildman–Crippen LogP) is 2.58. The lowest BCUT2D eigenvalue weighted by molar-refractivity contribution is -0.124. The molecule has 0 radical (unpaired) electrons. The normalized spacial score (nSPS) is 10.7. The number of nitrogens with zero attached hydrogens (tertiary/aromatic N) is 3. The van der Waals surface area contributed by atoms with Crippen LogP contribution in [-0.4, -0.2) is 40.1 Å². The number of aryl methyl sites for hydroxylation is 1. The Hall–Kier alpha value is -2.95. The smallest absolute Gasteiger partial charge is 0.296 e. The van der Waals surface area contributed by atoms with Crippen molar-refractivity contribution in [3.63, 3.8) is 0 Å². The molecule has 5 heteroatoms. The van der Waals surface area contributed by atoms with E-state index >= 15 is 0 Å². The van der Waals surface area contributed by atoms with Crippen LogP contribution >= 0.6 is 0 Å². The first-order chi connectivity index (χ1) is 11.0. The monoisotopic (exact) mass is 307 g/mol. The van der Waals surface area contributed by atoms with Gasteiger partial charge in [-0.1, -0.05) is 36.4 Å². The number of carbonyl (C=O) groups excluding carboxylic acids is 2. The highest BCUT2D eigenvalue weighted by atomic mass is 16.2. The Morgan fingerprint density at radius 2 is 1.74 bits per heavy atom. The topological polar surface area (TPSA) is 54.7 Å². The first kappa shape index (κ1) is 15.0. The van der Waals surface area contributed by atoms with E-state index in [1.165, 1.54) is 4.90 Å². The predicted molar refractivity (Wildman–Crippen MR) is 88.4 cm³/mol. The van der Waals surface area contributed by atoms with E-state index in [4.69, 9.17) is 0 Å². The minimum Gasteiger partial charge on any atom is -0.342 e. The molecule has 0 bridgehead atoms. The number of benzene rings is 1. The minimum absolute atomic E-state index is 0.300. The Bertz CT molecular complexity index is 895. The maximum absolute atomic E-state index is 12.7. The molecule has 2 heterocycles. The highest BCUT2D eigenvalue weighted by molar-refractivity contribution is 6.43. The molecule has 0 aliphatic heterocycles. The summed E-state index contributed by atoms with van der Waals surface area (Å²) in [5.74, 6) is -1.13. The van der Waals surface area contributed by atoms with Crippen LogP contribution in [0.1, 0.15) is 16.1 Å². The van der Waals surface area contributed by atoms with Gasteiger partial charge in [-0.25, -0.2) is 4.98 Å². The third kappa shape index (κ3) is 2.61. The molecule has 5 nitrogen and oxygen atoms in total. The van der Waals surface area contributed by atoms with Crippen LogP contribution in [0.5, 0.6) is 0 Å². The molecule has 3 aromatic rings. The van der Waals surface area contributed by atoms with Gasteiger partial charge in [0.05, 0.1) is 0 Å². The number of carbonyl (C=O) groups is 2. The lowest BCUT2D eigenvalue weighted by Gasteiger charge is -2.10. The van der Waals surface area contributed by atoms with Crippen molar-refractivity contribution in [2.24, 2.45) is 0 Å². The van der Waals surface area contributed by atoms with E-state index in [9.17, 15) is 9.59 Å². The van der Waals surface area contributed by atoms with Crippen molar-refractivity contribution in [1.82, 2.24) is 14.3 Å². The largest absolute Gasteiger partial charge is 0.342 e. The Morgan fingerprint density at radius 1 is 1.04 bits per heavy atom. The molecular formula is C18H17N3O2. The fraction of sp³-hybridized carbons (Fsp3) is 0.167. The first-order valence-corrected chi connectivity index (χ1v) is 7.29. The third-order valence-corrected chi connectivity index (χ3v) is 3.63. The number of likely N-dealkylation sites (N-methyl/N-ethyl adjacent to an activating group) is 1. The highest BCUT2D eigenvalue weighted by Crippen LogP contribution is 2.25. The molecule has 2 aromatic heterocycles. The standard InChI is InChI=1S/C18H17N3O2/c1-12-9-10-14-19-15(13-7-5-4-6-8-13)16(21(14)11-12)17(22)18(23)20(2)3/h4-11H,1-3H3. The van der Waals surface area contributed by atoms with Gasteiger partial charge in [0, 0.05) is 25.9 Å². The number of hydrogen-bond acceptors (Lipinski definition) is 3. The van der Waals surface area contributed by atoms with E-state index in [0.717, 1.165) is 11.1 Å². The molecule has 0 atom stereocenters. The Balaban J connectivity index is 2.30. The minimum atomic E-state index is -0.564. The number of rotatable bonds is 3. The van der Waals surface area contributed by atoms with Crippen LogP contribution in [0.4, 0.5) is 0 Å². The number of aromatic nitrogens is 2. The lowest BCUT2D eigenvalue weighted by atomic mass is 10.1. The van der Waals surface area contributed by atoms with Crippen LogP contribution < -0.4 is 0 Å². The van der Waals surface area contributed by atoms with Gasteiger partial charge in [-0.05, 0) is 18.6 Å². The number of Topliss-reactive ketones (excluding diaryl/α,β-unsaturated/α-hetero) is 1. The first-order valence-electron chi connectivity index (χ1n) is 7.29. The molecule has 116 valence electrons. The average Bonchev–Trinajstić information content (AvgIpc) is 2.92. The molecule has 1 aromatic carbocycles. The summed E-state index contributed by atoms with van der Waals surface area (Å²) < 4.78 is 1.70. The fourth-order valence-electron chi connectivity index (χ4n) is 2.47. The number of imidazole rings is 1. The molecule has 1 amide bonds. The van der Waals surface area contributed by atoms with Crippen LogP contribution in [0, 0.1) is 6.92 Å². The van der Waals surface area contributed by atoms with E-state index in [-0.39, 0.29) is 0 Å². The number of hydrogen-bond donors (Lipinski definition) is 0. The van der Waals surface area contributed by atoms with Crippen molar-refractivity contribution < 1.29 is 9.59 Å². The van der Waals surface area contributed by atoms with Gasteiger partial charge in [0.15, 0.2) is 0 Å². The highest BCUT2D eigenvalue weighted by Gasteiger charge is 2.27.